The minimum absolute atomic E-state index is 0.200. The average Bonchev–Trinajstić information content (AvgIpc) is 2.79. The van der Waals surface area contributed by atoms with Gasteiger partial charge in [0.2, 0.25) is 0 Å². The lowest BCUT2D eigenvalue weighted by molar-refractivity contribution is 1.21. The van der Waals surface area contributed by atoms with E-state index in [1.807, 2.05) is 61.5 Å². The Morgan fingerprint density at radius 1 is 1.00 bits per heavy atom. The Bertz CT molecular complexity index is 1510. The van der Waals surface area contributed by atoms with Crippen molar-refractivity contribution in [2.45, 2.75) is 6.92 Å². The van der Waals surface area contributed by atoms with Crippen molar-refractivity contribution in [3.8, 4) is 22.4 Å². The van der Waals surface area contributed by atoms with Crippen LogP contribution in [0.4, 0.5) is 5.69 Å². The summed E-state index contributed by atoms with van der Waals surface area (Å²) in [7, 11) is 1.73. The number of H-pyrrole nitrogens is 1. The van der Waals surface area contributed by atoms with Gasteiger partial charge in [-0.25, -0.2) is 4.98 Å². The highest BCUT2D eigenvalue weighted by Gasteiger charge is 2.18. The average molecular weight is 427 g/mol. The fraction of sp³-hybridized carbons (Fsp3) is 0.0800. The van der Waals surface area contributed by atoms with Crippen LogP contribution in [0.1, 0.15) is 5.56 Å². The number of hydrogen-bond acceptors (Lipinski definition) is 4. The molecule has 0 aliphatic rings. The molecule has 152 valence electrons. The van der Waals surface area contributed by atoms with Gasteiger partial charge in [0.1, 0.15) is 11.3 Å². The van der Waals surface area contributed by atoms with Gasteiger partial charge in [-0.1, -0.05) is 48.0 Å². The molecule has 2 N–H and O–H groups in total. The van der Waals surface area contributed by atoms with Gasteiger partial charge >= 0.3 is 0 Å². The second kappa shape index (κ2) is 7.52. The van der Waals surface area contributed by atoms with Crippen molar-refractivity contribution in [3.05, 3.63) is 87.8 Å². The Labute approximate surface area is 183 Å². The molecule has 0 spiro atoms. The molecule has 0 aliphatic carbocycles. The first-order valence-electron chi connectivity index (χ1n) is 9.92. The lowest BCUT2D eigenvalue weighted by Gasteiger charge is -2.17. The number of aromatic nitrogens is 3. The third-order valence-electron chi connectivity index (χ3n) is 5.52. The summed E-state index contributed by atoms with van der Waals surface area (Å²) in [4.78, 5) is 24.6. The summed E-state index contributed by atoms with van der Waals surface area (Å²) in [5.74, 6) is 0. The molecule has 5 aromatic rings. The van der Waals surface area contributed by atoms with Gasteiger partial charge in [-0.3, -0.25) is 9.78 Å². The highest BCUT2D eigenvalue weighted by molar-refractivity contribution is 6.35. The van der Waals surface area contributed by atoms with Crippen LogP contribution in [0.5, 0.6) is 0 Å². The van der Waals surface area contributed by atoms with Crippen LogP contribution in [0.3, 0.4) is 0 Å². The van der Waals surface area contributed by atoms with Gasteiger partial charge in [0, 0.05) is 35.1 Å². The van der Waals surface area contributed by atoms with Crippen LogP contribution in [0.15, 0.2) is 71.7 Å². The maximum absolute atomic E-state index is 12.4. The molecule has 5 nitrogen and oxygen atoms in total. The SMILES string of the molecule is CNc1cc2c(C)c(-c3cc(Cl)c4ncccc4c3)c(-c3ccccc3)nc2[nH]c1=O. The highest BCUT2D eigenvalue weighted by Crippen LogP contribution is 2.39. The number of nitrogens with one attached hydrogen (secondary N) is 2. The van der Waals surface area contributed by atoms with Crippen LogP contribution < -0.4 is 10.9 Å². The standard InChI is InChI=1S/C25H19ClN4O/c1-14-18-13-20(27-2)25(31)30-24(18)29-23(15-7-4-3-5-8-15)21(14)17-11-16-9-6-10-28-22(16)19(26)12-17/h3-13,27H,1-2H3,(H,29,30,31). The maximum Gasteiger partial charge on any atom is 0.272 e. The molecule has 0 fully saturated rings. The maximum atomic E-state index is 12.4. The van der Waals surface area contributed by atoms with E-state index in [1.165, 1.54) is 0 Å². The Hall–Kier alpha value is -3.70. The number of anilines is 1. The van der Waals surface area contributed by atoms with Crippen LogP contribution in [0, 0.1) is 6.92 Å². The Kier molecular flexibility index (Phi) is 4.68. The molecule has 0 atom stereocenters. The van der Waals surface area contributed by atoms with Gasteiger partial charge in [0.25, 0.3) is 5.56 Å². The van der Waals surface area contributed by atoms with Crippen molar-refractivity contribution in [3.63, 3.8) is 0 Å². The van der Waals surface area contributed by atoms with Crippen molar-refractivity contribution in [1.82, 2.24) is 15.0 Å². The number of halogens is 1. The molecular formula is C25H19ClN4O. The Balaban J connectivity index is 1.91. The number of rotatable bonds is 3. The van der Waals surface area contributed by atoms with Crippen LogP contribution in [0.2, 0.25) is 5.02 Å². The first-order chi connectivity index (χ1) is 15.1. The zero-order chi connectivity index (χ0) is 21.5. The van der Waals surface area contributed by atoms with Crippen molar-refractivity contribution < 1.29 is 0 Å². The van der Waals surface area contributed by atoms with Gasteiger partial charge in [0.05, 0.1) is 16.2 Å². The molecule has 0 saturated carbocycles. The molecule has 0 amide bonds. The summed E-state index contributed by atoms with van der Waals surface area (Å²) < 4.78 is 0. The molecule has 0 aliphatic heterocycles. The summed E-state index contributed by atoms with van der Waals surface area (Å²) in [6.45, 7) is 2.05. The number of nitrogens with zero attached hydrogens (tertiary/aromatic N) is 2. The van der Waals surface area contributed by atoms with Crippen molar-refractivity contribution in [2.75, 3.05) is 12.4 Å². The van der Waals surface area contributed by atoms with E-state index >= 15 is 0 Å². The molecule has 5 rings (SSSR count). The predicted molar refractivity (Wildman–Crippen MR) is 128 cm³/mol. The van der Waals surface area contributed by atoms with E-state index < -0.39 is 0 Å². The number of benzene rings is 2. The molecule has 0 radical (unpaired) electrons. The number of pyridine rings is 3. The van der Waals surface area contributed by atoms with Crippen molar-refractivity contribution in [2.24, 2.45) is 0 Å². The van der Waals surface area contributed by atoms with Gasteiger partial charge in [-0.15, -0.1) is 0 Å². The van der Waals surface area contributed by atoms with Gasteiger partial charge in [-0.2, -0.15) is 0 Å². The van der Waals surface area contributed by atoms with Crippen LogP contribution in [-0.4, -0.2) is 22.0 Å². The van der Waals surface area contributed by atoms with Crippen LogP contribution in [-0.2, 0) is 0 Å². The molecule has 6 heteroatoms. The van der Waals surface area contributed by atoms with E-state index in [4.69, 9.17) is 16.6 Å². The monoisotopic (exact) mass is 426 g/mol. The third kappa shape index (κ3) is 3.23. The first kappa shape index (κ1) is 19.3. The summed E-state index contributed by atoms with van der Waals surface area (Å²) in [6, 6.07) is 19.7. The topological polar surface area (TPSA) is 70.7 Å². The largest absolute Gasteiger partial charge is 0.384 e. The second-order valence-corrected chi connectivity index (χ2v) is 7.79. The molecule has 3 heterocycles. The van der Waals surface area contributed by atoms with Gasteiger partial charge < -0.3 is 10.3 Å². The van der Waals surface area contributed by atoms with E-state index in [2.05, 4.69) is 21.4 Å². The van der Waals surface area contributed by atoms with Crippen molar-refractivity contribution >= 4 is 39.2 Å². The number of fused-ring (bicyclic) bond motifs is 2. The minimum atomic E-state index is -0.200. The molecular weight excluding hydrogens is 408 g/mol. The molecule has 2 aromatic carbocycles. The Morgan fingerprint density at radius 3 is 2.58 bits per heavy atom. The lowest BCUT2D eigenvalue weighted by atomic mass is 9.92. The smallest absolute Gasteiger partial charge is 0.272 e. The quantitative estimate of drug-likeness (QED) is 0.382. The van der Waals surface area contributed by atoms with E-state index in [1.54, 1.807) is 13.2 Å². The predicted octanol–water partition coefficient (Wildman–Crippen LogP) is 5.81. The number of aromatic amines is 1. The molecule has 3 aromatic heterocycles. The van der Waals surface area contributed by atoms with Crippen molar-refractivity contribution in [1.29, 1.82) is 0 Å². The summed E-state index contributed by atoms with van der Waals surface area (Å²) in [5.41, 5.74) is 6.30. The second-order valence-electron chi connectivity index (χ2n) is 7.38. The summed E-state index contributed by atoms with van der Waals surface area (Å²) in [6.07, 6.45) is 1.74. The Morgan fingerprint density at radius 2 is 1.81 bits per heavy atom. The number of aryl methyl sites for hydroxylation is 1. The fourth-order valence-electron chi connectivity index (χ4n) is 4.01. The first-order valence-corrected chi connectivity index (χ1v) is 10.3. The zero-order valence-electron chi connectivity index (χ0n) is 17.0. The summed E-state index contributed by atoms with van der Waals surface area (Å²) in [5, 5.41) is 5.37. The van der Waals surface area contributed by atoms with Gasteiger partial charge in [-0.05, 0) is 42.3 Å². The third-order valence-corrected chi connectivity index (χ3v) is 5.81. The highest BCUT2D eigenvalue weighted by atomic mass is 35.5. The van der Waals surface area contributed by atoms with E-state index in [9.17, 15) is 4.79 Å². The number of hydrogen-bond donors (Lipinski definition) is 2. The molecule has 0 saturated heterocycles. The summed E-state index contributed by atoms with van der Waals surface area (Å²) >= 11 is 6.61. The van der Waals surface area contributed by atoms with Gasteiger partial charge in [0.15, 0.2) is 0 Å². The van der Waals surface area contributed by atoms with E-state index in [-0.39, 0.29) is 5.56 Å². The lowest BCUT2D eigenvalue weighted by Crippen LogP contribution is -2.12. The van der Waals surface area contributed by atoms with Crippen LogP contribution in [0.25, 0.3) is 44.3 Å². The molecule has 0 bridgehead atoms. The van der Waals surface area contributed by atoms with Crippen LogP contribution >= 0.6 is 11.6 Å². The zero-order valence-corrected chi connectivity index (χ0v) is 17.8. The molecule has 31 heavy (non-hydrogen) atoms. The van der Waals surface area contributed by atoms with E-state index in [0.717, 1.165) is 44.2 Å². The molecule has 0 unspecified atom stereocenters. The normalized spacial score (nSPS) is 11.2. The van der Waals surface area contributed by atoms with E-state index in [0.29, 0.717) is 16.4 Å². The minimum Gasteiger partial charge on any atom is -0.384 e. The fourth-order valence-corrected chi connectivity index (χ4v) is 4.29.